The summed E-state index contributed by atoms with van der Waals surface area (Å²) in [5.74, 6) is 2.29. The van der Waals surface area contributed by atoms with Crippen molar-refractivity contribution in [1.82, 2.24) is 0 Å². The summed E-state index contributed by atoms with van der Waals surface area (Å²) in [5, 5.41) is 9.68. The number of hydrogen-bond acceptors (Lipinski definition) is 1. The van der Waals surface area contributed by atoms with Crippen molar-refractivity contribution in [3.63, 3.8) is 0 Å². The summed E-state index contributed by atoms with van der Waals surface area (Å²) in [7, 11) is 0. The molecule has 1 N–H and O–H groups in total. The van der Waals surface area contributed by atoms with E-state index in [0.29, 0.717) is 4.47 Å². The van der Waals surface area contributed by atoms with Gasteiger partial charge in [0.2, 0.25) is 0 Å². The minimum absolute atomic E-state index is 0.112. The molecule has 0 heterocycles. The van der Waals surface area contributed by atoms with Gasteiger partial charge in [-0.2, -0.15) is 13.2 Å². The minimum atomic E-state index is -4.49. The van der Waals surface area contributed by atoms with Gasteiger partial charge in [0.1, 0.15) is 0 Å². The van der Waals surface area contributed by atoms with Gasteiger partial charge in [0.15, 0.2) is 0 Å². The third kappa shape index (κ3) is 3.76. The van der Waals surface area contributed by atoms with Crippen molar-refractivity contribution >= 4 is 15.9 Å². The SMILES string of the molecule is C#CCCC(O)c1ccc(Br)cc1C(F)(F)F. The van der Waals surface area contributed by atoms with Crippen molar-refractivity contribution in [2.24, 2.45) is 0 Å². The third-order valence-electron chi connectivity index (χ3n) is 2.24. The Morgan fingerprint density at radius 3 is 2.59 bits per heavy atom. The normalized spacial score (nSPS) is 13.2. The fourth-order valence-corrected chi connectivity index (χ4v) is 1.80. The molecule has 0 radical (unpaired) electrons. The molecule has 5 heteroatoms. The van der Waals surface area contributed by atoms with Crippen molar-refractivity contribution in [2.75, 3.05) is 0 Å². The van der Waals surface area contributed by atoms with Crippen molar-refractivity contribution in [3.8, 4) is 12.3 Å². The van der Waals surface area contributed by atoms with Gasteiger partial charge in [0.25, 0.3) is 0 Å². The quantitative estimate of drug-likeness (QED) is 0.839. The number of benzene rings is 1. The average Bonchev–Trinajstić information content (AvgIpc) is 2.24. The van der Waals surface area contributed by atoms with Crippen LogP contribution in [0, 0.1) is 12.3 Å². The molecular weight excluding hydrogens is 297 g/mol. The number of hydrogen-bond donors (Lipinski definition) is 1. The van der Waals surface area contributed by atoms with Gasteiger partial charge in [-0.1, -0.05) is 22.0 Å². The van der Waals surface area contributed by atoms with E-state index in [9.17, 15) is 18.3 Å². The summed E-state index contributed by atoms with van der Waals surface area (Å²) in [6.45, 7) is 0. The molecule has 0 aliphatic carbocycles. The average molecular weight is 307 g/mol. The van der Waals surface area contributed by atoms with Crippen LogP contribution >= 0.6 is 15.9 Å². The van der Waals surface area contributed by atoms with Crippen LogP contribution < -0.4 is 0 Å². The Bertz CT molecular complexity index is 434. The van der Waals surface area contributed by atoms with Gasteiger partial charge in [-0.05, 0) is 24.1 Å². The van der Waals surface area contributed by atoms with Crippen LogP contribution in [-0.2, 0) is 6.18 Å². The van der Waals surface area contributed by atoms with Crippen LogP contribution in [0.2, 0.25) is 0 Å². The highest BCUT2D eigenvalue weighted by Gasteiger charge is 2.35. The smallest absolute Gasteiger partial charge is 0.388 e. The van der Waals surface area contributed by atoms with E-state index in [1.54, 1.807) is 0 Å². The topological polar surface area (TPSA) is 20.2 Å². The summed E-state index contributed by atoms with van der Waals surface area (Å²) < 4.78 is 38.5. The van der Waals surface area contributed by atoms with Crippen molar-refractivity contribution < 1.29 is 18.3 Å². The summed E-state index contributed by atoms with van der Waals surface area (Å²) in [6, 6.07) is 3.67. The second-order valence-corrected chi connectivity index (χ2v) is 4.40. The molecule has 0 aliphatic rings. The minimum Gasteiger partial charge on any atom is -0.388 e. The monoisotopic (exact) mass is 306 g/mol. The zero-order chi connectivity index (χ0) is 13.1. The first-order valence-corrected chi connectivity index (χ1v) is 5.63. The van der Waals surface area contributed by atoms with E-state index in [4.69, 9.17) is 6.42 Å². The lowest BCUT2D eigenvalue weighted by molar-refractivity contribution is -0.139. The van der Waals surface area contributed by atoms with Gasteiger partial charge >= 0.3 is 6.18 Å². The molecule has 1 rings (SSSR count). The third-order valence-corrected chi connectivity index (χ3v) is 2.74. The van der Waals surface area contributed by atoms with Gasteiger partial charge in [-0.15, -0.1) is 12.3 Å². The molecule has 0 aliphatic heterocycles. The number of aliphatic hydroxyl groups excluding tert-OH is 1. The number of alkyl halides is 3. The Kier molecular flexibility index (Phi) is 4.61. The zero-order valence-electron chi connectivity index (χ0n) is 8.76. The second kappa shape index (κ2) is 5.56. The van der Waals surface area contributed by atoms with Gasteiger partial charge in [-0.3, -0.25) is 0 Å². The molecule has 1 atom stereocenters. The van der Waals surface area contributed by atoms with Crippen LogP contribution in [-0.4, -0.2) is 5.11 Å². The van der Waals surface area contributed by atoms with Crippen LogP contribution in [0.5, 0.6) is 0 Å². The van der Waals surface area contributed by atoms with Crippen LogP contribution in [0.4, 0.5) is 13.2 Å². The molecule has 0 amide bonds. The first-order valence-electron chi connectivity index (χ1n) is 4.84. The van der Waals surface area contributed by atoms with E-state index in [2.05, 4.69) is 21.9 Å². The van der Waals surface area contributed by atoms with Crippen molar-refractivity contribution in [1.29, 1.82) is 0 Å². The zero-order valence-corrected chi connectivity index (χ0v) is 10.3. The Morgan fingerprint density at radius 1 is 1.41 bits per heavy atom. The van der Waals surface area contributed by atoms with Crippen LogP contribution in [0.25, 0.3) is 0 Å². The second-order valence-electron chi connectivity index (χ2n) is 3.49. The molecule has 0 fully saturated rings. The van der Waals surface area contributed by atoms with Gasteiger partial charge < -0.3 is 5.11 Å². The summed E-state index contributed by atoms with van der Waals surface area (Å²) in [5.41, 5.74) is -0.979. The Balaban J connectivity index is 3.11. The van der Waals surface area contributed by atoms with Gasteiger partial charge in [0.05, 0.1) is 11.7 Å². The molecule has 0 saturated carbocycles. The van der Waals surface area contributed by atoms with E-state index in [1.807, 2.05) is 0 Å². The van der Waals surface area contributed by atoms with Crippen molar-refractivity contribution in [2.45, 2.75) is 25.1 Å². The fourth-order valence-electron chi connectivity index (χ4n) is 1.44. The number of rotatable bonds is 3. The maximum atomic E-state index is 12.7. The first kappa shape index (κ1) is 14.1. The molecule has 0 spiro atoms. The van der Waals surface area contributed by atoms with Crippen LogP contribution in [0.15, 0.2) is 22.7 Å². The number of aliphatic hydroxyl groups is 1. The predicted octanol–water partition coefficient (Wildman–Crippen LogP) is 3.91. The molecule has 1 unspecified atom stereocenters. The summed E-state index contributed by atoms with van der Waals surface area (Å²) in [4.78, 5) is 0. The molecule has 1 aromatic rings. The molecule has 92 valence electrons. The maximum Gasteiger partial charge on any atom is 0.416 e. The van der Waals surface area contributed by atoms with E-state index >= 15 is 0 Å². The highest BCUT2D eigenvalue weighted by atomic mass is 79.9. The Hall–Kier alpha value is -0.990. The molecular formula is C12H10BrF3O. The predicted molar refractivity (Wildman–Crippen MR) is 62.2 cm³/mol. The summed E-state index contributed by atoms with van der Waals surface area (Å²) >= 11 is 2.98. The lowest BCUT2D eigenvalue weighted by atomic mass is 9.99. The molecule has 0 bridgehead atoms. The molecule has 0 aromatic heterocycles. The van der Waals surface area contributed by atoms with E-state index < -0.39 is 17.8 Å². The highest BCUT2D eigenvalue weighted by Crippen LogP contribution is 2.37. The van der Waals surface area contributed by atoms with Gasteiger partial charge in [-0.25, -0.2) is 0 Å². The molecule has 0 saturated heterocycles. The molecule has 17 heavy (non-hydrogen) atoms. The molecule has 1 nitrogen and oxygen atoms in total. The fraction of sp³-hybridized carbons (Fsp3) is 0.333. The maximum absolute atomic E-state index is 12.7. The van der Waals surface area contributed by atoms with Crippen LogP contribution in [0.3, 0.4) is 0 Å². The number of halogens is 4. The Morgan fingerprint density at radius 2 is 2.06 bits per heavy atom. The van der Waals surface area contributed by atoms with E-state index in [0.717, 1.165) is 6.07 Å². The lowest BCUT2D eigenvalue weighted by Crippen LogP contribution is -2.12. The number of terminal acetylenes is 1. The first-order chi connectivity index (χ1) is 7.86. The molecule has 1 aromatic carbocycles. The largest absolute Gasteiger partial charge is 0.416 e. The van der Waals surface area contributed by atoms with Gasteiger partial charge in [0, 0.05) is 10.9 Å². The van der Waals surface area contributed by atoms with E-state index in [-0.39, 0.29) is 18.4 Å². The van der Waals surface area contributed by atoms with E-state index in [1.165, 1.54) is 12.1 Å². The summed E-state index contributed by atoms with van der Waals surface area (Å²) in [6.07, 6.45) is -0.333. The lowest BCUT2D eigenvalue weighted by Gasteiger charge is -2.17. The van der Waals surface area contributed by atoms with Crippen LogP contribution in [0.1, 0.15) is 30.1 Å². The standard InChI is InChI=1S/C12H10BrF3O/c1-2-3-4-11(17)9-6-5-8(13)7-10(9)12(14,15)16/h1,5-7,11,17H,3-4H2. The van der Waals surface area contributed by atoms with Crippen molar-refractivity contribution in [3.05, 3.63) is 33.8 Å². The highest BCUT2D eigenvalue weighted by molar-refractivity contribution is 9.10. The Labute approximate surface area is 106 Å².